The summed E-state index contributed by atoms with van der Waals surface area (Å²) < 4.78 is 5.97. The number of amides is 1. The van der Waals surface area contributed by atoms with Gasteiger partial charge in [0.2, 0.25) is 0 Å². The second kappa shape index (κ2) is 8.31. The normalized spacial score (nSPS) is 10.8. The van der Waals surface area contributed by atoms with E-state index in [1.54, 1.807) is 36.5 Å². The largest absolute Gasteiger partial charge is 0.457 e. The molecule has 0 fully saturated rings. The Labute approximate surface area is 184 Å². The molecule has 0 atom stereocenters. The molecule has 0 aliphatic rings. The Morgan fingerprint density at radius 3 is 2.56 bits per heavy atom. The number of hydrogen-bond acceptors (Lipinski definition) is 5. The van der Waals surface area contributed by atoms with Crippen molar-refractivity contribution >= 4 is 22.6 Å². The minimum Gasteiger partial charge on any atom is -0.457 e. The first-order chi connectivity index (χ1) is 15.7. The maximum atomic E-state index is 12.7. The van der Waals surface area contributed by atoms with Crippen molar-refractivity contribution in [1.82, 2.24) is 19.9 Å². The van der Waals surface area contributed by atoms with E-state index in [9.17, 15) is 4.79 Å². The molecule has 0 saturated carbocycles. The third kappa shape index (κ3) is 4.04. The summed E-state index contributed by atoms with van der Waals surface area (Å²) in [6, 6.07) is 20.5. The van der Waals surface area contributed by atoms with Gasteiger partial charge in [-0.15, -0.1) is 0 Å². The number of carbonyl (C=O) groups is 1. The molecule has 7 heteroatoms. The standard InChI is InChI=1S/C25H19N5O2/c1-16-2-4-17(5-3-16)21-14-22(29-15-28-21)25(31)30-18-6-8-19(9-7-18)32-23-11-13-27-24-20(23)10-12-26-24/h2-15H,1H3,(H,26,27)(H,30,31). The summed E-state index contributed by atoms with van der Waals surface area (Å²) in [7, 11) is 0. The van der Waals surface area contributed by atoms with Crippen LogP contribution in [0.1, 0.15) is 16.1 Å². The van der Waals surface area contributed by atoms with E-state index < -0.39 is 0 Å². The number of pyridine rings is 1. The van der Waals surface area contributed by atoms with Gasteiger partial charge in [0, 0.05) is 23.6 Å². The Morgan fingerprint density at radius 2 is 1.75 bits per heavy atom. The number of ether oxygens (including phenoxy) is 1. The van der Waals surface area contributed by atoms with E-state index in [0.29, 0.717) is 28.6 Å². The van der Waals surface area contributed by atoms with Gasteiger partial charge in [-0.3, -0.25) is 4.79 Å². The number of carbonyl (C=O) groups excluding carboxylic acids is 1. The van der Waals surface area contributed by atoms with E-state index in [2.05, 4.69) is 25.3 Å². The number of hydrogen-bond donors (Lipinski definition) is 2. The van der Waals surface area contributed by atoms with Gasteiger partial charge in [-0.25, -0.2) is 15.0 Å². The molecule has 0 bridgehead atoms. The van der Waals surface area contributed by atoms with Gasteiger partial charge in [0.05, 0.1) is 11.1 Å². The monoisotopic (exact) mass is 421 g/mol. The number of aromatic nitrogens is 4. The Bertz CT molecular complexity index is 1390. The highest BCUT2D eigenvalue weighted by molar-refractivity contribution is 6.03. The van der Waals surface area contributed by atoms with Crippen LogP contribution in [0.3, 0.4) is 0 Å². The van der Waals surface area contributed by atoms with Crippen LogP contribution in [0.5, 0.6) is 11.5 Å². The lowest BCUT2D eigenvalue weighted by atomic mass is 10.1. The molecule has 0 spiro atoms. The molecule has 32 heavy (non-hydrogen) atoms. The first-order valence-electron chi connectivity index (χ1n) is 10.1. The molecule has 5 aromatic rings. The molecule has 2 N–H and O–H groups in total. The van der Waals surface area contributed by atoms with Crippen LogP contribution < -0.4 is 10.1 Å². The van der Waals surface area contributed by atoms with E-state index in [1.807, 2.05) is 49.5 Å². The number of nitrogens with one attached hydrogen (secondary N) is 2. The van der Waals surface area contributed by atoms with Crippen LogP contribution in [0.2, 0.25) is 0 Å². The van der Waals surface area contributed by atoms with Gasteiger partial charge in [-0.1, -0.05) is 29.8 Å². The summed E-state index contributed by atoms with van der Waals surface area (Å²) in [5, 5.41) is 3.76. The van der Waals surface area contributed by atoms with Crippen molar-refractivity contribution < 1.29 is 9.53 Å². The summed E-state index contributed by atoms with van der Waals surface area (Å²) in [6.07, 6.45) is 4.91. The van der Waals surface area contributed by atoms with Crippen molar-refractivity contribution in [3.63, 3.8) is 0 Å². The fraction of sp³-hybridized carbons (Fsp3) is 0.0400. The van der Waals surface area contributed by atoms with Gasteiger partial charge in [0.15, 0.2) is 0 Å². The smallest absolute Gasteiger partial charge is 0.274 e. The molecule has 0 radical (unpaired) electrons. The van der Waals surface area contributed by atoms with Crippen LogP contribution in [-0.2, 0) is 0 Å². The number of nitrogens with zero attached hydrogens (tertiary/aromatic N) is 3. The lowest BCUT2D eigenvalue weighted by Gasteiger charge is -2.09. The zero-order valence-corrected chi connectivity index (χ0v) is 17.2. The van der Waals surface area contributed by atoms with E-state index in [1.165, 1.54) is 6.33 Å². The second-order valence-corrected chi connectivity index (χ2v) is 7.28. The van der Waals surface area contributed by atoms with Crippen molar-refractivity contribution in [2.45, 2.75) is 6.92 Å². The van der Waals surface area contributed by atoms with E-state index in [0.717, 1.165) is 22.2 Å². The Hall–Kier alpha value is -4.52. The molecule has 0 aliphatic carbocycles. The highest BCUT2D eigenvalue weighted by Crippen LogP contribution is 2.29. The molecular formula is C25H19N5O2. The van der Waals surface area contributed by atoms with Crippen LogP contribution in [0.15, 0.2) is 85.5 Å². The molecule has 0 unspecified atom stereocenters. The van der Waals surface area contributed by atoms with Gasteiger partial charge < -0.3 is 15.0 Å². The van der Waals surface area contributed by atoms with Gasteiger partial charge in [0.1, 0.15) is 29.2 Å². The van der Waals surface area contributed by atoms with Crippen LogP contribution in [0.4, 0.5) is 5.69 Å². The highest BCUT2D eigenvalue weighted by atomic mass is 16.5. The van der Waals surface area contributed by atoms with E-state index >= 15 is 0 Å². The number of fused-ring (bicyclic) bond motifs is 1. The molecule has 1 amide bonds. The van der Waals surface area contributed by atoms with Crippen LogP contribution in [0, 0.1) is 6.92 Å². The molecule has 7 nitrogen and oxygen atoms in total. The average molecular weight is 421 g/mol. The molecule has 2 aromatic carbocycles. The predicted octanol–water partition coefficient (Wildman–Crippen LogP) is 5.37. The summed E-state index contributed by atoms with van der Waals surface area (Å²) in [4.78, 5) is 28.4. The lowest BCUT2D eigenvalue weighted by Crippen LogP contribution is -2.14. The second-order valence-electron chi connectivity index (χ2n) is 7.28. The topological polar surface area (TPSA) is 92.8 Å². The maximum absolute atomic E-state index is 12.7. The Morgan fingerprint density at radius 1 is 0.938 bits per heavy atom. The van der Waals surface area contributed by atoms with Crippen LogP contribution in [0.25, 0.3) is 22.3 Å². The zero-order chi connectivity index (χ0) is 21.9. The van der Waals surface area contributed by atoms with Gasteiger partial charge in [-0.2, -0.15) is 0 Å². The van der Waals surface area contributed by atoms with Crippen molar-refractivity contribution in [1.29, 1.82) is 0 Å². The number of H-pyrrole nitrogens is 1. The van der Waals surface area contributed by atoms with Crippen LogP contribution >= 0.6 is 0 Å². The van der Waals surface area contributed by atoms with Gasteiger partial charge >= 0.3 is 0 Å². The number of benzene rings is 2. The molecule has 3 heterocycles. The first-order valence-corrected chi connectivity index (χ1v) is 10.1. The zero-order valence-electron chi connectivity index (χ0n) is 17.2. The predicted molar refractivity (Wildman–Crippen MR) is 123 cm³/mol. The number of aromatic amines is 1. The van der Waals surface area contributed by atoms with Gasteiger partial charge in [0.25, 0.3) is 5.91 Å². The fourth-order valence-corrected chi connectivity index (χ4v) is 3.32. The highest BCUT2D eigenvalue weighted by Gasteiger charge is 2.11. The fourth-order valence-electron chi connectivity index (χ4n) is 3.32. The minimum absolute atomic E-state index is 0.294. The minimum atomic E-state index is -0.308. The van der Waals surface area contributed by atoms with E-state index in [-0.39, 0.29) is 5.91 Å². The number of anilines is 1. The van der Waals surface area contributed by atoms with Crippen molar-refractivity contribution in [3.05, 3.63) is 96.7 Å². The third-order valence-corrected chi connectivity index (χ3v) is 5.01. The first kappa shape index (κ1) is 19.4. The molecule has 0 aliphatic heterocycles. The molecular weight excluding hydrogens is 402 g/mol. The van der Waals surface area contributed by atoms with Crippen molar-refractivity contribution in [2.75, 3.05) is 5.32 Å². The Kier molecular flexibility index (Phi) is 5.05. The molecule has 3 aromatic heterocycles. The third-order valence-electron chi connectivity index (χ3n) is 5.01. The number of rotatable bonds is 5. The summed E-state index contributed by atoms with van der Waals surface area (Å²) in [6.45, 7) is 2.02. The summed E-state index contributed by atoms with van der Waals surface area (Å²) >= 11 is 0. The number of aryl methyl sites for hydroxylation is 1. The van der Waals surface area contributed by atoms with Gasteiger partial charge in [-0.05, 0) is 49.4 Å². The lowest BCUT2D eigenvalue weighted by molar-refractivity contribution is 0.102. The molecule has 156 valence electrons. The Balaban J connectivity index is 1.29. The summed E-state index contributed by atoms with van der Waals surface area (Å²) in [5.41, 5.74) is 4.49. The van der Waals surface area contributed by atoms with Crippen molar-refractivity contribution in [2.24, 2.45) is 0 Å². The van der Waals surface area contributed by atoms with Crippen molar-refractivity contribution in [3.8, 4) is 22.8 Å². The van der Waals surface area contributed by atoms with E-state index in [4.69, 9.17) is 4.74 Å². The molecule has 5 rings (SSSR count). The molecule has 0 saturated heterocycles. The summed E-state index contributed by atoms with van der Waals surface area (Å²) in [5.74, 6) is 1.05. The maximum Gasteiger partial charge on any atom is 0.274 e. The quantitative estimate of drug-likeness (QED) is 0.398. The van der Waals surface area contributed by atoms with Crippen LogP contribution in [-0.4, -0.2) is 25.8 Å². The average Bonchev–Trinajstić information content (AvgIpc) is 3.31. The SMILES string of the molecule is Cc1ccc(-c2cc(C(=O)Nc3ccc(Oc4ccnc5[nH]ccc45)cc3)ncn2)cc1.